The van der Waals surface area contributed by atoms with Gasteiger partial charge in [-0.3, -0.25) is 13.8 Å². The molecule has 0 rings (SSSR count). The number of esters is 1. The second kappa shape index (κ2) is 34.3. The smallest absolute Gasteiger partial charge is 0.457 e. The number of carbonyl (C=O) groups excluding carboxylic acids is 1. The Morgan fingerprint density at radius 3 is 1.83 bits per heavy atom. The van der Waals surface area contributed by atoms with Gasteiger partial charge in [-0.05, 0) is 64.2 Å². The highest BCUT2D eigenvalue weighted by Gasteiger charge is 2.25. The van der Waals surface area contributed by atoms with E-state index in [0.29, 0.717) is 13.0 Å². The quantitative estimate of drug-likeness (QED) is 0.0316. The van der Waals surface area contributed by atoms with Gasteiger partial charge in [-0.1, -0.05) is 119 Å². The molecule has 9 heteroatoms. The number of unbranched alkanes of at least 4 members (excludes halogenated alkanes) is 7. The monoisotopic (exact) mass is 665 g/mol. The lowest BCUT2D eigenvalue weighted by Gasteiger charge is -2.19. The fraction of sp³-hybridized carbons (Fsp3) is 0.649. The molecule has 2 unspecified atom stereocenters. The highest BCUT2D eigenvalue weighted by Crippen LogP contribution is 2.43. The summed E-state index contributed by atoms with van der Waals surface area (Å²) in [5.41, 5.74) is 5.33. The summed E-state index contributed by atoms with van der Waals surface area (Å²) >= 11 is 0. The van der Waals surface area contributed by atoms with Gasteiger partial charge in [-0.2, -0.15) is 0 Å². The first-order chi connectivity index (χ1) is 22.4. The number of hydrogen-bond acceptors (Lipinski definition) is 7. The molecule has 264 valence electrons. The van der Waals surface area contributed by atoms with E-state index in [1.165, 1.54) is 12.8 Å². The summed E-state index contributed by atoms with van der Waals surface area (Å²) in [6.07, 6.45) is 40.8. The van der Waals surface area contributed by atoms with Crippen LogP contribution in [0.1, 0.15) is 117 Å². The van der Waals surface area contributed by atoms with Crippen molar-refractivity contribution in [3.05, 3.63) is 72.9 Å². The maximum absolute atomic E-state index is 12.5. The molecule has 0 saturated carbocycles. The molecular formula is C37H64NO7P. The second-order valence-electron chi connectivity index (χ2n) is 11.0. The maximum Gasteiger partial charge on any atom is 0.472 e. The van der Waals surface area contributed by atoms with Gasteiger partial charge >= 0.3 is 13.8 Å². The number of carbonyl (C=O) groups is 1. The average molecular weight is 666 g/mol. The van der Waals surface area contributed by atoms with Gasteiger partial charge in [0.15, 0.2) is 0 Å². The standard InChI is InChI=1S/C37H64NO7P/c1-3-5-7-9-11-13-15-16-17-18-19-21-23-25-27-29-32-42-34-36(35-44-46(40,41)43-33-31-38)45-37(39)30-28-26-24-22-20-14-12-10-8-6-4-2/h5,7,10-13,16-17,19,21,25,27,36H,3-4,6,8-9,14-15,18,20,22-24,26,28-35,38H2,1-2H3,(H,40,41)/b7-5-,12-10-,13-11-,17-16-,21-19-,27-25-. The topological polar surface area (TPSA) is 117 Å². The van der Waals surface area contributed by atoms with E-state index in [4.69, 9.17) is 24.3 Å². The van der Waals surface area contributed by atoms with Crippen LogP contribution in [0.25, 0.3) is 0 Å². The molecule has 0 fully saturated rings. The van der Waals surface area contributed by atoms with Crippen LogP contribution in [-0.4, -0.2) is 49.9 Å². The molecule has 0 aliphatic carbocycles. The Morgan fingerprint density at radius 2 is 1.22 bits per heavy atom. The minimum absolute atomic E-state index is 0.0547. The predicted molar refractivity (Wildman–Crippen MR) is 192 cm³/mol. The molecule has 0 heterocycles. The minimum atomic E-state index is -4.29. The van der Waals surface area contributed by atoms with Crippen LogP contribution in [0.2, 0.25) is 0 Å². The first kappa shape index (κ1) is 43.9. The first-order valence-corrected chi connectivity index (χ1v) is 18.9. The van der Waals surface area contributed by atoms with E-state index in [-0.39, 0.29) is 38.8 Å². The summed E-state index contributed by atoms with van der Waals surface area (Å²) in [5.74, 6) is -0.371. The van der Waals surface area contributed by atoms with Crippen molar-refractivity contribution >= 4 is 13.8 Å². The van der Waals surface area contributed by atoms with Gasteiger partial charge in [-0.25, -0.2) is 4.57 Å². The zero-order chi connectivity index (χ0) is 33.8. The Bertz CT molecular complexity index is 927. The molecule has 0 aromatic heterocycles. The zero-order valence-corrected chi connectivity index (χ0v) is 29.7. The van der Waals surface area contributed by atoms with E-state index in [0.717, 1.165) is 77.0 Å². The Kier molecular flexibility index (Phi) is 32.7. The van der Waals surface area contributed by atoms with E-state index in [2.05, 4.69) is 80.7 Å². The molecule has 0 aliphatic heterocycles. The zero-order valence-electron chi connectivity index (χ0n) is 28.8. The van der Waals surface area contributed by atoms with Gasteiger partial charge in [0.05, 0.1) is 26.4 Å². The summed E-state index contributed by atoms with van der Waals surface area (Å²) < 4.78 is 33.1. The molecule has 8 nitrogen and oxygen atoms in total. The summed E-state index contributed by atoms with van der Waals surface area (Å²) in [6.45, 7) is 4.48. The Hall–Kier alpha value is -2.06. The van der Waals surface area contributed by atoms with Gasteiger partial charge in [0.1, 0.15) is 6.10 Å². The van der Waals surface area contributed by atoms with Gasteiger partial charge < -0.3 is 20.1 Å². The van der Waals surface area contributed by atoms with Gasteiger partial charge in [0.25, 0.3) is 0 Å². The van der Waals surface area contributed by atoms with Crippen molar-refractivity contribution in [1.82, 2.24) is 0 Å². The van der Waals surface area contributed by atoms with Crippen molar-refractivity contribution in [2.24, 2.45) is 5.73 Å². The van der Waals surface area contributed by atoms with E-state index in [1.807, 2.05) is 6.08 Å². The number of phosphoric ester groups is 1. The third-order valence-corrected chi connectivity index (χ3v) is 7.61. The summed E-state index contributed by atoms with van der Waals surface area (Å²) in [7, 11) is -4.29. The van der Waals surface area contributed by atoms with Crippen molar-refractivity contribution in [1.29, 1.82) is 0 Å². The highest BCUT2D eigenvalue weighted by atomic mass is 31.2. The summed E-state index contributed by atoms with van der Waals surface area (Å²) in [5, 5.41) is 0. The molecular weight excluding hydrogens is 601 g/mol. The molecule has 3 N–H and O–H groups in total. The molecule has 0 aromatic carbocycles. The number of ether oxygens (including phenoxy) is 2. The SMILES string of the molecule is CC/C=C\C/C=C\C/C=C\C/C=C\C/C=C\CCOCC(COP(=O)(O)OCCN)OC(=O)CCCCCCC/C=C\CCCC. The lowest BCUT2D eigenvalue weighted by molar-refractivity contribution is -0.154. The number of hydrogen-bond donors (Lipinski definition) is 2. The fourth-order valence-corrected chi connectivity index (χ4v) is 4.86. The second-order valence-corrected chi connectivity index (χ2v) is 12.4. The van der Waals surface area contributed by atoms with Crippen LogP contribution in [0.4, 0.5) is 0 Å². The van der Waals surface area contributed by atoms with Gasteiger partial charge in [0.2, 0.25) is 0 Å². The molecule has 2 atom stereocenters. The van der Waals surface area contributed by atoms with Crippen LogP contribution in [-0.2, 0) is 27.9 Å². The predicted octanol–water partition coefficient (Wildman–Crippen LogP) is 9.63. The molecule has 46 heavy (non-hydrogen) atoms. The lowest BCUT2D eigenvalue weighted by atomic mass is 10.1. The van der Waals surface area contributed by atoms with Crippen molar-refractivity contribution in [2.45, 2.75) is 123 Å². The van der Waals surface area contributed by atoms with Crippen molar-refractivity contribution in [3.63, 3.8) is 0 Å². The number of rotatable bonds is 32. The van der Waals surface area contributed by atoms with Crippen LogP contribution in [0, 0.1) is 0 Å². The van der Waals surface area contributed by atoms with Gasteiger partial charge in [-0.15, -0.1) is 0 Å². The molecule has 0 amide bonds. The normalized spacial score (nSPS) is 14.6. The number of allylic oxidation sites excluding steroid dienone is 11. The highest BCUT2D eigenvalue weighted by molar-refractivity contribution is 7.47. The van der Waals surface area contributed by atoms with Crippen molar-refractivity contribution in [3.8, 4) is 0 Å². The minimum Gasteiger partial charge on any atom is -0.457 e. The third-order valence-electron chi connectivity index (χ3n) is 6.63. The molecule has 0 saturated heterocycles. The van der Waals surface area contributed by atoms with E-state index in [1.54, 1.807) is 0 Å². The summed E-state index contributed by atoms with van der Waals surface area (Å²) in [6, 6.07) is 0. The molecule has 0 aliphatic rings. The Morgan fingerprint density at radius 1 is 0.674 bits per heavy atom. The molecule has 0 spiro atoms. The van der Waals surface area contributed by atoms with Crippen molar-refractivity contribution < 1.29 is 32.8 Å². The number of nitrogens with two attached hydrogens (primary N) is 1. The molecule has 0 bridgehead atoms. The van der Waals surface area contributed by atoms with Crippen LogP contribution in [0.5, 0.6) is 0 Å². The molecule has 0 aromatic rings. The fourth-order valence-electron chi connectivity index (χ4n) is 4.10. The largest absolute Gasteiger partial charge is 0.472 e. The van der Waals surface area contributed by atoms with Crippen molar-refractivity contribution in [2.75, 3.05) is 33.0 Å². The van der Waals surface area contributed by atoms with Crippen LogP contribution < -0.4 is 5.73 Å². The van der Waals surface area contributed by atoms with Crippen LogP contribution >= 0.6 is 7.82 Å². The third kappa shape index (κ3) is 33.3. The van der Waals surface area contributed by atoms with Gasteiger partial charge in [0, 0.05) is 13.0 Å². The molecule has 0 radical (unpaired) electrons. The van der Waals surface area contributed by atoms with E-state index < -0.39 is 13.9 Å². The van der Waals surface area contributed by atoms with Crippen LogP contribution in [0.15, 0.2) is 72.9 Å². The summed E-state index contributed by atoms with van der Waals surface area (Å²) in [4.78, 5) is 22.3. The number of phosphoric acid groups is 1. The van der Waals surface area contributed by atoms with E-state index >= 15 is 0 Å². The van der Waals surface area contributed by atoms with E-state index in [9.17, 15) is 14.3 Å². The average Bonchev–Trinajstić information content (AvgIpc) is 3.04. The van der Waals surface area contributed by atoms with Crippen LogP contribution in [0.3, 0.4) is 0 Å². The Labute approximate surface area is 280 Å². The maximum atomic E-state index is 12.5. The lowest BCUT2D eigenvalue weighted by Crippen LogP contribution is -2.28. The Balaban J connectivity index is 4.30. The first-order valence-electron chi connectivity index (χ1n) is 17.4.